The lowest BCUT2D eigenvalue weighted by Crippen LogP contribution is -2.44. The molecule has 4 heterocycles. The highest BCUT2D eigenvalue weighted by molar-refractivity contribution is 7.14. The number of carbonyl (C=O) groups is 1. The number of piperidine rings is 1. The first-order chi connectivity index (χ1) is 18.9. The minimum absolute atomic E-state index is 0.230. The van der Waals surface area contributed by atoms with E-state index in [1.807, 2.05) is 6.07 Å². The van der Waals surface area contributed by atoms with Gasteiger partial charge in [-0.25, -0.2) is 4.98 Å². The Labute approximate surface area is 234 Å². The van der Waals surface area contributed by atoms with Gasteiger partial charge in [-0.05, 0) is 68.4 Å². The van der Waals surface area contributed by atoms with E-state index in [0.29, 0.717) is 19.4 Å². The SMILES string of the molecule is Cc1ccc(OCc2ccc(CN3CCOCC3)cc2C)c(-c2csc(N3C4CCC3CC(C(=O)O)C4)n2)c1. The highest BCUT2D eigenvalue weighted by Crippen LogP contribution is 2.44. The molecule has 0 amide bonds. The lowest BCUT2D eigenvalue weighted by Gasteiger charge is -2.37. The Morgan fingerprint density at radius 3 is 2.59 bits per heavy atom. The molecule has 206 valence electrons. The van der Waals surface area contributed by atoms with Crippen molar-refractivity contribution in [2.24, 2.45) is 5.92 Å². The summed E-state index contributed by atoms with van der Waals surface area (Å²) in [7, 11) is 0. The lowest BCUT2D eigenvalue weighted by atomic mass is 9.91. The summed E-state index contributed by atoms with van der Waals surface area (Å²) in [4.78, 5) is 21.5. The lowest BCUT2D eigenvalue weighted by molar-refractivity contribution is -0.142. The number of carboxylic acid groups (broad SMARTS) is 1. The zero-order chi connectivity index (χ0) is 26.9. The van der Waals surface area contributed by atoms with Crippen molar-refractivity contribution in [3.63, 3.8) is 0 Å². The molecule has 0 saturated carbocycles. The fraction of sp³-hybridized carbons (Fsp3) is 0.484. The van der Waals surface area contributed by atoms with E-state index in [-0.39, 0.29) is 18.0 Å². The molecule has 8 heteroatoms. The topological polar surface area (TPSA) is 75.1 Å². The van der Waals surface area contributed by atoms with Gasteiger partial charge in [0.1, 0.15) is 12.4 Å². The molecule has 1 N–H and O–H groups in total. The predicted octanol–water partition coefficient (Wildman–Crippen LogP) is 5.67. The van der Waals surface area contributed by atoms with Crippen molar-refractivity contribution >= 4 is 22.4 Å². The summed E-state index contributed by atoms with van der Waals surface area (Å²) in [5.41, 5.74) is 6.84. The van der Waals surface area contributed by atoms with Crippen molar-refractivity contribution in [3.8, 4) is 17.0 Å². The number of benzene rings is 2. The van der Waals surface area contributed by atoms with Gasteiger partial charge in [-0.3, -0.25) is 9.69 Å². The van der Waals surface area contributed by atoms with Gasteiger partial charge in [-0.15, -0.1) is 11.3 Å². The Morgan fingerprint density at radius 2 is 1.87 bits per heavy atom. The number of thiazole rings is 1. The minimum atomic E-state index is -0.657. The standard InChI is InChI=1S/C31H37N3O4S/c1-20-3-8-29(38-18-23-5-4-22(14-21(23)2)17-33-9-11-37-12-10-33)27(13-20)28-19-39-31(32-28)34-25-6-7-26(34)16-24(15-25)30(35)36/h3-5,8,13-14,19,24-26H,6-7,9-12,15-18H2,1-2H3,(H,35,36). The van der Waals surface area contributed by atoms with Gasteiger partial charge in [-0.2, -0.15) is 0 Å². The number of rotatable bonds is 8. The molecule has 1 aromatic heterocycles. The molecule has 3 fully saturated rings. The summed E-state index contributed by atoms with van der Waals surface area (Å²) in [5.74, 6) is -0.0523. The third-order valence-corrected chi connectivity index (χ3v) is 9.36. The summed E-state index contributed by atoms with van der Waals surface area (Å²) in [5, 5.41) is 12.7. The Hall–Kier alpha value is -2.94. The molecule has 0 radical (unpaired) electrons. The van der Waals surface area contributed by atoms with Crippen molar-refractivity contribution < 1.29 is 19.4 Å². The van der Waals surface area contributed by atoms with Crippen LogP contribution in [0, 0.1) is 19.8 Å². The van der Waals surface area contributed by atoms with Crippen LogP contribution in [0.15, 0.2) is 41.8 Å². The predicted molar refractivity (Wildman–Crippen MR) is 154 cm³/mol. The van der Waals surface area contributed by atoms with Gasteiger partial charge in [0.2, 0.25) is 0 Å². The number of aromatic nitrogens is 1. The van der Waals surface area contributed by atoms with Crippen LogP contribution in [0.5, 0.6) is 5.75 Å². The van der Waals surface area contributed by atoms with Gasteiger partial charge in [0.25, 0.3) is 0 Å². The first-order valence-electron chi connectivity index (χ1n) is 14.0. The van der Waals surface area contributed by atoms with Gasteiger partial charge in [0.05, 0.1) is 24.8 Å². The fourth-order valence-corrected chi connectivity index (χ4v) is 7.33. The largest absolute Gasteiger partial charge is 0.488 e. The number of fused-ring (bicyclic) bond motifs is 2. The molecule has 7 nitrogen and oxygen atoms in total. The summed E-state index contributed by atoms with van der Waals surface area (Å²) < 4.78 is 11.9. The summed E-state index contributed by atoms with van der Waals surface area (Å²) in [6.07, 6.45) is 3.52. The third-order valence-electron chi connectivity index (χ3n) is 8.51. The number of carboxylic acids is 1. The second kappa shape index (κ2) is 11.3. The molecule has 2 bridgehead atoms. The smallest absolute Gasteiger partial charge is 0.306 e. The van der Waals surface area contributed by atoms with Gasteiger partial charge >= 0.3 is 5.97 Å². The Balaban J connectivity index is 1.16. The van der Waals surface area contributed by atoms with Crippen molar-refractivity contribution in [1.29, 1.82) is 0 Å². The second-order valence-corrected chi connectivity index (χ2v) is 12.1. The Kier molecular flexibility index (Phi) is 7.60. The number of nitrogens with zero attached hydrogens (tertiary/aromatic N) is 3. The highest BCUT2D eigenvalue weighted by atomic mass is 32.1. The second-order valence-electron chi connectivity index (χ2n) is 11.3. The van der Waals surface area contributed by atoms with Crippen LogP contribution < -0.4 is 9.64 Å². The molecule has 3 aromatic rings. The zero-order valence-electron chi connectivity index (χ0n) is 22.8. The molecule has 2 aromatic carbocycles. The van der Waals surface area contributed by atoms with E-state index in [1.54, 1.807) is 11.3 Å². The zero-order valence-corrected chi connectivity index (χ0v) is 23.6. The van der Waals surface area contributed by atoms with Crippen LogP contribution >= 0.6 is 11.3 Å². The average Bonchev–Trinajstić information content (AvgIpc) is 3.50. The number of morpholine rings is 1. The Morgan fingerprint density at radius 1 is 1.10 bits per heavy atom. The van der Waals surface area contributed by atoms with Crippen molar-refractivity contribution in [2.45, 2.75) is 64.8 Å². The van der Waals surface area contributed by atoms with E-state index in [0.717, 1.165) is 73.4 Å². The summed E-state index contributed by atoms with van der Waals surface area (Å²) in [6.45, 7) is 9.31. The van der Waals surface area contributed by atoms with Crippen LogP contribution in [0.2, 0.25) is 0 Å². The van der Waals surface area contributed by atoms with E-state index in [9.17, 15) is 9.90 Å². The molecule has 0 aliphatic carbocycles. The highest BCUT2D eigenvalue weighted by Gasteiger charge is 2.44. The van der Waals surface area contributed by atoms with E-state index in [4.69, 9.17) is 14.5 Å². The molecule has 3 aliphatic rings. The number of aryl methyl sites for hydroxylation is 2. The van der Waals surface area contributed by atoms with E-state index in [2.05, 4.69) is 59.4 Å². The maximum atomic E-state index is 11.6. The fourth-order valence-electron chi connectivity index (χ4n) is 6.36. The number of aliphatic carboxylic acids is 1. The molecule has 0 spiro atoms. The van der Waals surface area contributed by atoms with Crippen LogP contribution in [0.1, 0.15) is 47.9 Å². The van der Waals surface area contributed by atoms with Crippen molar-refractivity contribution in [3.05, 3.63) is 64.0 Å². The first kappa shape index (κ1) is 26.3. The quantitative estimate of drug-likeness (QED) is 0.389. The minimum Gasteiger partial charge on any atom is -0.488 e. The molecular weight excluding hydrogens is 510 g/mol. The molecular formula is C31H37N3O4S. The Bertz CT molecular complexity index is 1320. The number of hydrogen-bond donors (Lipinski definition) is 1. The monoisotopic (exact) mass is 547 g/mol. The van der Waals surface area contributed by atoms with E-state index < -0.39 is 5.97 Å². The van der Waals surface area contributed by atoms with Crippen molar-refractivity contribution in [1.82, 2.24) is 9.88 Å². The van der Waals surface area contributed by atoms with E-state index >= 15 is 0 Å². The average molecular weight is 548 g/mol. The molecule has 2 unspecified atom stereocenters. The van der Waals surface area contributed by atoms with Crippen LogP contribution in [0.3, 0.4) is 0 Å². The van der Waals surface area contributed by atoms with Gasteiger partial charge in [-0.1, -0.05) is 29.8 Å². The maximum Gasteiger partial charge on any atom is 0.306 e. The maximum absolute atomic E-state index is 11.6. The van der Waals surface area contributed by atoms with Gasteiger partial charge in [0, 0.05) is 42.7 Å². The number of anilines is 1. The molecule has 3 aliphatic heterocycles. The van der Waals surface area contributed by atoms with Gasteiger partial charge in [0.15, 0.2) is 5.13 Å². The third kappa shape index (κ3) is 5.69. The molecule has 3 saturated heterocycles. The number of ether oxygens (including phenoxy) is 2. The van der Waals surface area contributed by atoms with Crippen LogP contribution in [-0.2, 0) is 22.7 Å². The summed E-state index contributed by atoms with van der Waals surface area (Å²) >= 11 is 1.66. The molecule has 2 atom stereocenters. The van der Waals surface area contributed by atoms with E-state index in [1.165, 1.54) is 16.7 Å². The van der Waals surface area contributed by atoms with Crippen LogP contribution in [-0.4, -0.2) is 59.3 Å². The van der Waals surface area contributed by atoms with Gasteiger partial charge < -0.3 is 19.5 Å². The number of hydrogen-bond acceptors (Lipinski definition) is 7. The molecule has 6 rings (SSSR count). The normalized spacial score (nSPS) is 23.2. The van der Waals surface area contributed by atoms with Crippen molar-refractivity contribution in [2.75, 3.05) is 31.2 Å². The molecule has 39 heavy (non-hydrogen) atoms. The first-order valence-corrected chi connectivity index (χ1v) is 14.9. The van der Waals surface area contributed by atoms with Crippen LogP contribution in [0.4, 0.5) is 5.13 Å². The van der Waals surface area contributed by atoms with Crippen LogP contribution in [0.25, 0.3) is 11.3 Å². The summed E-state index contributed by atoms with van der Waals surface area (Å²) in [6, 6.07) is 13.5.